The van der Waals surface area contributed by atoms with Gasteiger partial charge in [-0.1, -0.05) is 0 Å². The zero-order chi connectivity index (χ0) is 12.3. The summed E-state index contributed by atoms with van der Waals surface area (Å²) in [5.74, 6) is -0.450. The molecule has 1 rings (SSSR count). The van der Waals surface area contributed by atoms with Gasteiger partial charge in [0, 0.05) is 12.1 Å². The number of hydrogen-bond acceptors (Lipinski definition) is 3. The van der Waals surface area contributed by atoms with E-state index in [1.807, 2.05) is 20.8 Å². The Labute approximate surface area is 96.4 Å². The van der Waals surface area contributed by atoms with E-state index in [1.165, 1.54) is 0 Å². The molecule has 0 aliphatic carbocycles. The molecule has 2 atom stereocenters. The molecule has 0 radical (unpaired) electrons. The third-order valence-electron chi connectivity index (χ3n) is 3.08. The highest BCUT2D eigenvalue weighted by Gasteiger charge is 2.33. The largest absolute Gasteiger partial charge is 0.368 e. The van der Waals surface area contributed by atoms with Crippen LogP contribution in [0.5, 0.6) is 0 Å². The van der Waals surface area contributed by atoms with Gasteiger partial charge < -0.3 is 16.0 Å². The van der Waals surface area contributed by atoms with Crippen LogP contribution in [0.15, 0.2) is 0 Å². The van der Waals surface area contributed by atoms with Gasteiger partial charge in [-0.15, -0.1) is 0 Å². The van der Waals surface area contributed by atoms with Crippen molar-refractivity contribution < 1.29 is 9.59 Å². The SMILES string of the molecule is CC1NCCC1C(=O)N(CC(N)=O)C(C)C. The van der Waals surface area contributed by atoms with Crippen LogP contribution < -0.4 is 11.1 Å². The normalized spacial score (nSPS) is 24.8. The monoisotopic (exact) mass is 227 g/mol. The minimum atomic E-state index is -0.458. The first kappa shape index (κ1) is 13.0. The molecule has 0 bridgehead atoms. The molecule has 3 N–H and O–H groups in total. The molecule has 1 heterocycles. The molecular weight excluding hydrogens is 206 g/mol. The second kappa shape index (κ2) is 5.30. The van der Waals surface area contributed by atoms with E-state index in [0.29, 0.717) is 0 Å². The number of amides is 2. The predicted molar refractivity (Wildman–Crippen MR) is 61.6 cm³/mol. The van der Waals surface area contributed by atoms with E-state index >= 15 is 0 Å². The Hall–Kier alpha value is -1.10. The van der Waals surface area contributed by atoms with Crippen LogP contribution in [-0.2, 0) is 9.59 Å². The van der Waals surface area contributed by atoms with Crippen molar-refractivity contribution in [3.05, 3.63) is 0 Å². The van der Waals surface area contributed by atoms with Gasteiger partial charge in [0.05, 0.1) is 12.5 Å². The minimum Gasteiger partial charge on any atom is -0.368 e. The molecule has 0 spiro atoms. The van der Waals surface area contributed by atoms with E-state index in [2.05, 4.69) is 5.32 Å². The van der Waals surface area contributed by atoms with E-state index in [0.717, 1.165) is 13.0 Å². The molecule has 0 aromatic carbocycles. The number of nitrogens with zero attached hydrogens (tertiary/aromatic N) is 1. The van der Waals surface area contributed by atoms with Crippen molar-refractivity contribution in [2.45, 2.75) is 39.3 Å². The Morgan fingerprint density at radius 1 is 1.50 bits per heavy atom. The highest BCUT2D eigenvalue weighted by molar-refractivity contribution is 5.85. The lowest BCUT2D eigenvalue weighted by atomic mass is 9.99. The Morgan fingerprint density at radius 3 is 2.50 bits per heavy atom. The summed E-state index contributed by atoms with van der Waals surface area (Å²) in [6, 6.07) is 0.189. The highest BCUT2D eigenvalue weighted by Crippen LogP contribution is 2.19. The Morgan fingerprint density at radius 2 is 2.12 bits per heavy atom. The summed E-state index contributed by atoms with van der Waals surface area (Å²) < 4.78 is 0. The molecule has 2 unspecified atom stereocenters. The fourth-order valence-electron chi connectivity index (χ4n) is 2.09. The second-order valence-corrected chi connectivity index (χ2v) is 4.66. The smallest absolute Gasteiger partial charge is 0.237 e. The van der Waals surface area contributed by atoms with Gasteiger partial charge >= 0.3 is 0 Å². The van der Waals surface area contributed by atoms with Crippen molar-refractivity contribution in [2.75, 3.05) is 13.1 Å². The van der Waals surface area contributed by atoms with Crippen LogP contribution in [0.25, 0.3) is 0 Å². The number of carbonyl (C=O) groups excluding carboxylic acids is 2. The lowest BCUT2D eigenvalue weighted by Gasteiger charge is -2.29. The first-order valence-electron chi connectivity index (χ1n) is 5.75. The van der Waals surface area contributed by atoms with Crippen molar-refractivity contribution in [3.63, 3.8) is 0 Å². The molecular formula is C11H21N3O2. The van der Waals surface area contributed by atoms with Gasteiger partial charge in [0.15, 0.2) is 0 Å². The summed E-state index contributed by atoms with van der Waals surface area (Å²) in [4.78, 5) is 24.7. The molecule has 16 heavy (non-hydrogen) atoms. The fraction of sp³-hybridized carbons (Fsp3) is 0.818. The van der Waals surface area contributed by atoms with E-state index in [-0.39, 0.29) is 30.5 Å². The van der Waals surface area contributed by atoms with Crippen LogP contribution in [0.2, 0.25) is 0 Å². The van der Waals surface area contributed by atoms with E-state index in [4.69, 9.17) is 5.73 Å². The highest BCUT2D eigenvalue weighted by atomic mass is 16.2. The third kappa shape index (κ3) is 2.95. The first-order chi connectivity index (χ1) is 7.43. The molecule has 1 aliphatic rings. The van der Waals surface area contributed by atoms with Crippen LogP contribution in [0.4, 0.5) is 0 Å². The van der Waals surface area contributed by atoms with Crippen LogP contribution in [0.1, 0.15) is 27.2 Å². The van der Waals surface area contributed by atoms with Gasteiger partial charge in [0.1, 0.15) is 0 Å². The Kier molecular flexibility index (Phi) is 4.29. The molecule has 5 heteroatoms. The summed E-state index contributed by atoms with van der Waals surface area (Å²) in [7, 11) is 0. The average Bonchev–Trinajstić information content (AvgIpc) is 2.59. The van der Waals surface area contributed by atoms with Gasteiger partial charge in [0.2, 0.25) is 11.8 Å². The summed E-state index contributed by atoms with van der Waals surface area (Å²) in [5.41, 5.74) is 5.15. The predicted octanol–water partition coefficient (Wildman–Crippen LogP) is -0.293. The Bertz CT molecular complexity index is 278. The van der Waals surface area contributed by atoms with Gasteiger partial charge in [-0.2, -0.15) is 0 Å². The molecule has 0 aromatic heterocycles. The number of nitrogens with two attached hydrogens (primary N) is 1. The first-order valence-corrected chi connectivity index (χ1v) is 5.75. The van der Waals surface area contributed by atoms with Crippen molar-refractivity contribution in [1.82, 2.24) is 10.2 Å². The van der Waals surface area contributed by atoms with Crippen molar-refractivity contribution >= 4 is 11.8 Å². The molecule has 1 fully saturated rings. The van der Waals surface area contributed by atoms with Crippen molar-refractivity contribution in [1.29, 1.82) is 0 Å². The summed E-state index contributed by atoms with van der Waals surface area (Å²) in [5, 5.41) is 3.23. The van der Waals surface area contributed by atoms with Crippen LogP contribution in [-0.4, -0.2) is 41.9 Å². The molecule has 2 amide bonds. The molecule has 92 valence electrons. The zero-order valence-electron chi connectivity index (χ0n) is 10.2. The van der Waals surface area contributed by atoms with Crippen LogP contribution in [0, 0.1) is 5.92 Å². The lowest BCUT2D eigenvalue weighted by molar-refractivity contribution is -0.140. The summed E-state index contributed by atoms with van der Waals surface area (Å²) in [6.45, 7) is 6.67. The number of hydrogen-bond donors (Lipinski definition) is 2. The topological polar surface area (TPSA) is 75.4 Å². The van der Waals surface area contributed by atoms with E-state index in [1.54, 1.807) is 4.90 Å². The average molecular weight is 227 g/mol. The quantitative estimate of drug-likeness (QED) is 0.693. The maximum atomic E-state index is 12.2. The molecule has 1 saturated heterocycles. The van der Waals surface area contributed by atoms with Crippen molar-refractivity contribution in [2.24, 2.45) is 11.7 Å². The minimum absolute atomic E-state index is 0.00722. The third-order valence-corrected chi connectivity index (χ3v) is 3.08. The number of primary amides is 1. The van der Waals surface area contributed by atoms with Gasteiger partial charge in [-0.05, 0) is 33.7 Å². The zero-order valence-corrected chi connectivity index (χ0v) is 10.2. The number of carbonyl (C=O) groups is 2. The molecule has 1 aliphatic heterocycles. The van der Waals surface area contributed by atoms with Crippen LogP contribution >= 0.6 is 0 Å². The van der Waals surface area contributed by atoms with Gasteiger partial charge in [0.25, 0.3) is 0 Å². The van der Waals surface area contributed by atoms with E-state index in [9.17, 15) is 9.59 Å². The van der Waals surface area contributed by atoms with Crippen molar-refractivity contribution in [3.8, 4) is 0 Å². The number of rotatable bonds is 4. The summed E-state index contributed by atoms with van der Waals surface area (Å²) in [6.07, 6.45) is 0.835. The Balaban J connectivity index is 2.70. The molecule has 0 saturated carbocycles. The maximum Gasteiger partial charge on any atom is 0.237 e. The maximum absolute atomic E-state index is 12.2. The van der Waals surface area contributed by atoms with Gasteiger partial charge in [-0.25, -0.2) is 0 Å². The summed E-state index contributed by atoms with van der Waals surface area (Å²) >= 11 is 0. The lowest BCUT2D eigenvalue weighted by Crippen LogP contribution is -2.47. The standard InChI is InChI=1S/C11H21N3O2/c1-7(2)14(6-10(12)15)11(16)9-4-5-13-8(9)3/h7-9,13H,4-6H2,1-3H3,(H2,12,15). The van der Waals surface area contributed by atoms with Crippen LogP contribution in [0.3, 0.4) is 0 Å². The second-order valence-electron chi connectivity index (χ2n) is 4.66. The number of nitrogens with one attached hydrogen (secondary N) is 1. The fourth-order valence-corrected chi connectivity index (χ4v) is 2.09. The molecule has 0 aromatic rings. The van der Waals surface area contributed by atoms with E-state index < -0.39 is 5.91 Å². The molecule has 5 nitrogen and oxygen atoms in total. The van der Waals surface area contributed by atoms with Gasteiger partial charge in [-0.3, -0.25) is 9.59 Å².